The predicted molar refractivity (Wildman–Crippen MR) is 46.4 cm³/mol. The molecule has 0 unspecified atom stereocenters. The van der Waals surface area contributed by atoms with Crippen molar-refractivity contribution in [2.75, 3.05) is 19.5 Å². The summed E-state index contributed by atoms with van der Waals surface area (Å²) in [6.07, 6.45) is 5.09. The van der Waals surface area contributed by atoms with E-state index in [1.54, 1.807) is 12.4 Å². The molecule has 0 aliphatic carbocycles. The lowest BCUT2D eigenvalue weighted by Gasteiger charge is -2.02. The molecule has 1 rings (SSSR count). The number of nitrogens with zero attached hydrogens (tertiary/aromatic N) is 2. The van der Waals surface area contributed by atoms with Gasteiger partial charge in [0.1, 0.15) is 6.61 Å². The van der Waals surface area contributed by atoms with Crippen molar-refractivity contribution in [3.63, 3.8) is 0 Å². The fourth-order valence-electron chi connectivity index (χ4n) is 0.648. The summed E-state index contributed by atoms with van der Waals surface area (Å²) in [6.45, 7) is 0.284. The first kappa shape index (κ1) is 9.28. The molecule has 0 aliphatic rings. The lowest BCUT2D eigenvalue weighted by atomic mass is 10.6. The molecular formula is C7H10N2O2S. The summed E-state index contributed by atoms with van der Waals surface area (Å²) >= 11 is 1.47. The van der Waals surface area contributed by atoms with Crippen molar-refractivity contribution in [3.05, 3.63) is 12.4 Å². The zero-order valence-corrected chi connectivity index (χ0v) is 7.54. The zero-order chi connectivity index (χ0) is 8.81. The van der Waals surface area contributed by atoms with Crippen molar-refractivity contribution in [2.45, 2.75) is 5.16 Å². The normalized spacial score (nSPS) is 9.83. The van der Waals surface area contributed by atoms with Crippen LogP contribution in [0.2, 0.25) is 0 Å². The van der Waals surface area contributed by atoms with E-state index in [0.29, 0.717) is 10.9 Å². The van der Waals surface area contributed by atoms with E-state index >= 15 is 0 Å². The number of rotatable bonds is 4. The van der Waals surface area contributed by atoms with Crippen molar-refractivity contribution in [1.29, 1.82) is 0 Å². The van der Waals surface area contributed by atoms with E-state index in [1.807, 2.05) is 6.26 Å². The second-order valence-electron chi connectivity index (χ2n) is 1.98. The highest BCUT2D eigenvalue weighted by molar-refractivity contribution is 7.98. The molecule has 1 aromatic heterocycles. The van der Waals surface area contributed by atoms with E-state index in [4.69, 9.17) is 9.84 Å². The molecule has 0 bridgehead atoms. The van der Waals surface area contributed by atoms with Crippen molar-refractivity contribution < 1.29 is 9.84 Å². The lowest BCUT2D eigenvalue weighted by Crippen LogP contribution is -2.02. The van der Waals surface area contributed by atoms with Crippen LogP contribution in [0.5, 0.6) is 5.75 Å². The largest absolute Gasteiger partial charge is 0.488 e. The Hall–Kier alpha value is -0.810. The number of hydrogen-bond donors (Lipinski definition) is 1. The van der Waals surface area contributed by atoms with Crippen LogP contribution < -0.4 is 4.74 Å². The van der Waals surface area contributed by atoms with Crippen LogP contribution in [0.4, 0.5) is 0 Å². The number of hydrogen-bond acceptors (Lipinski definition) is 5. The van der Waals surface area contributed by atoms with Crippen molar-refractivity contribution in [1.82, 2.24) is 9.97 Å². The van der Waals surface area contributed by atoms with E-state index in [1.165, 1.54) is 11.8 Å². The van der Waals surface area contributed by atoms with Gasteiger partial charge in [-0.05, 0) is 6.26 Å². The molecule has 1 heterocycles. The summed E-state index contributed by atoms with van der Waals surface area (Å²) in [5.74, 6) is 0.585. The highest BCUT2D eigenvalue weighted by Gasteiger charge is 1.95. The molecule has 0 amide bonds. The topological polar surface area (TPSA) is 55.2 Å². The quantitative estimate of drug-likeness (QED) is 0.550. The lowest BCUT2D eigenvalue weighted by molar-refractivity contribution is 0.200. The summed E-state index contributed by atoms with van der Waals surface area (Å²) in [7, 11) is 0. The highest BCUT2D eigenvalue weighted by Crippen LogP contribution is 2.11. The summed E-state index contributed by atoms with van der Waals surface area (Å²) in [4.78, 5) is 7.99. The van der Waals surface area contributed by atoms with Gasteiger partial charge in [0.2, 0.25) is 0 Å². The van der Waals surface area contributed by atoms with Gasteiger partial charge in [-0.2, -0.15) is 0 Å². The van der Waals surface area contributed by atoms with Crippen LogP contribution in [0.1, 0.15) is 0 Å². The molecule has 0 atom stereocenters. The Morgan fingerprint density at radius 3 is 2.67 bits per heavy atom. The molecule has 0 aromatic carbocycles. The summed E-state index contributed by atoms with van der Waals surface area (Å²) in [5.41, 5.74) is 0. The van der Waals surface area contributed by atoms with Crippen LogP contribution in [0, 0.1) is 0 Å². The van der Waals surface area contributed by atoms with Crippen molar-refractivity contribution in [3.8, 4) is 5.75 Å². The third-order valence-corrected chi connectivity index (χ3v) is 1.72. The van der Waals surface area contributed by atoms with E-state index < -0.39 is 0 Å². The van der Waals surface area contributed by atoms with E-state index in [9.17, 15) is 0 Å². The average Bonchev–Trinajstić information content (AvgIpc) is 2.15. The van der Waals surface area contributed by atoms with Crippen molar-refractivity contribution in [2.24, 2.45) is 0 Å². The molecule has 0 spiro atoms. The second kappa shape index (κ2) is 4.95. The third-order valence-electron chi connectivity index (χ3n) is 1.15. The fourth-order valence-corrected chi connectivity index (χ4v) is 0.964. The van der Waals surface area contributed by atoms with Crippen LogP contribution in [0.3, 0.4) is 0 Å². The number of aliphatic hydroxyl groups excluding tert-OH is 1. The van der Waals surface area contributed by atoms with Crippen LogP contribution in [0.25, 0.3) is 0 Å². The highest BCUT2D eigenvalue weighted by atomic mass is 32.2. The predicted octanol–water partition coefficient (Wildman–Crippen LogP) is 0.570. The molecule has 66 valence electrons. The first-order chi connectivity index (χ1) is 5.86. The zero-order valence-electron chi connectivity index (χ0n) is 6.73. The maximum atomic E-state index is 8.46. The Morgan fingerprint density at radius 2 is 2.17 bits per heavy atom. The van der Waals surface area contributed by atoms with Gasteiger partial charge in [-0.3, -0.25) is 0 Å². The van der Waals surface area contributed by atoms with Gasteiger partial charge in [-0.1, -0.05) is 11.8 Å². The van der Waals surface area contributed by atoms with Gasteiger partial charge >= 0.3 is 0 Å². The van der Waals surface area contributed by atoms with Gasteiger partial charge in [0.15, 0.2) is 10.9 Å². The molecule has 0 aliphatic heterocycles. The van der Waals surface area contributed by atoms with Gasteiger partial charge in [-0.15, -0.1) is 0 Å². The van der Waals surface area contributed by atoms with Gasteiger partial charge in [0.25, 0.3) is 0 Å². The Bertz CT molecular complexity index is 227. The summed E-state index contributed by atoms with van der Waals surface area (Å²) < 4.78 is 5.07. The molecule has 0 fully saturated rings. The molecular weight excluding hydrogens is 176 g/mol. The van der Waals surface area contributed by atoms with Gasteiger partial charge in [0.05, 0.1) is 19.0 Å². The van der Waals surface area contributed by atoms with Gasteiger partial charge in [-0.25, -0.2) is 9.97 Å². The van der Waals surface area contributed by atoms with E-state index in [-0.39, 0.29) is 13.2 Å². The van der Waals surface area contributed by atoms with Crippen molar-refractivity contribution >= 4 is 11.8 Å². The minimum atomic E-state index is 0.00425. The number of aliphatic hydroxyl groups is 1. The number of thioether (sulfide) groups is 1. The van der Waals surface area contributed by atoms with Crippen LogP contribution in [-0.4, -0.2) is 34.5 Å². The molecule has 1 aromatic rings. The summed E-state index contributed by atoms with van der Waals surface area (Å²) in [6, 6.07) is 0. The first-order valence-electron chi connectivity index (χ1n) is 3.46. The standard InChI is InChI=1S/C7H10N2O2S/c1-12-7-8-4-6(5-9-7)11-3-2-10/h4-5,10H,2-3H2,1H3. The minimum absolute atomic E-state index is 0.00425. The Labute approximate surface area is 75.0 Å². The van der Waals surface area contributed by atoms with E-state index in [0.717, 1.165) is 0 Å². The fraction of sp³-hybridized carbons (Fsp3) is 0.429. The Kier molecular flexibility index (Phi) is 3.83. The summed E-state index contributed by atoms with van der Waals surface area (Å²) in [5, 5.41) is 9.17. The second-order valence-corrected chi connectivity index (χ2v) is 2.75. The Balaban J connectivity index is 2.53. The SMILES string of the molecule is CSc1ncc(OCCO)cn1. The molecule has 12 heavy (non-hydrogen) atoms. The molecule has 0 radical (unpaired) electrons. The van der Waals surface area contributed by atoms with Crippen LogP contribution in [-0.2, 0) is 0 Å². The van der Waals surface area contributed by atoms with Gasteiger partial charge < -0.3 is 9.84 Å². The monoisotopic (exact) mass is 186 g/mol. The smallest absolute Gasteiger partial charge is 0.187 e. The molecule has 0 saturated carbocycles. The van der Waals surface area contributed by atoms with E-state index in [2.05, 4.69) is 9.97 Å². The Morgan fingerprint density at radius 1 is 1.50 bits per heavy atom. The molecule has 5 heteroatoms. The molecule has 0 saturated heterocycles. The van der Waals surface area contributed by atoms with Gasteiger partial charge in [0, 0.05) is 0 Å². The van der Waals surface area contributed by atoms with Crippen LogP contribution in [0.15, 0.2) is 17.6 Å². The molecule has 1 N–H and O–H groups in total. The first-order valence-corrected chi connectivity index (χ1v) is 4.69. The van der Waals surface area contributed by atoms with Crippen LogP contribution >= 0.6 is 11.8 Å². The minimum Gasteiger partial charge on any atom is -0.488 e. The average molecular weight is 186 g/mol. The third kappa shape index (κ3) is 2.67. The number of ether oxygens (including phenoxy) is 1. The maximum absolute atomic E-state index is 8.46. The molecule has 4 nitrogen and oxygen atoms in total. The number of aromatic nitrogens is 2. The maximum Gasteiger partial charge on any atom is 0.187 e.